The van der Waals surface area contributed by atoms with Gasteiger partial charge in [0, 0.05) is 5.92 Å². The van der Waals surface area contributed by atoms with Crippen molar-refractivity contribution in [1.82, 2.24) is 0 Å². The molecule has 0 heterocycles. The highest BCUT2D eigenvalue weighted by Gasteiger charge is 2.41. The summed E-state index contributed by atoms with van der Waals surface area (Å²) in [4.78, 5) is 0. The van der Waals surface area contributed by atoms with Crippen LogP contribution in [0.25, 0.3) is 0 Å². The molecule has 1 aliphatic rings. The Morgan fingerprint density at radius 2 is 1.64 bits per heavy atom. The monoisotopic (exact) mass is 204 g/mol. The predicted octanol–water partition coefficient (Wildman–Crippen LogP) is -0.502. The van der Waals surface area contributed by atoms with Gasteiger partial charge >= 0.3 is 0 Å². The first kappa shape index (κ1) is 11.9. The Labute approximate surface area is 84.2 Å². The van der Waals surface area contributed by atoms with Gasteiger partial charge in [-0.3, -0.25) is 0 Å². The van der Waals surface area contributed by atoms with Gasteiger partial charge in [0.25, 0.3) is 0 Å². The van der Waals surface area contributed by atoms with E-state index in [9.17, 15) is 15.3 Å². The molecule has 1 fully saturated rings. The molecular weight excluding hydrogens is 184 g/mol. The zero-order valence-electron chi connectivity index (χ0n) is 8.72. The zero-order valence-corrected chi connectivity index (χ0v) is 8.72. The first-order valence-corrected chi connectivity index (χ1v) is 5.08. The van der Waals surface area contributed by atoms with Gasteiger partial charge in [-0.15, -0.1) is 0 Å². The summed E-state index contributed by atoms with van der Waals surface area (Å²) >= 11 is 0. The Hall–Kier alpha value is -0.160. The van der Waals surface area contributed by atoms with E-state index in [0.717, 1.165) is 0 Å². The van der Waals surface area contributed by atoms with Crippen LogP contribution in [-0.4, -0.2) is 44.8 Å². The van der Waals surface area contributed by atoms with Crippen LogP contribution >= 0.6 is 0 Å². The van der Waals surface area contributed by atoms with Gasteiger partial charge in [0.1, 0.15) is 0 Å². The molecule has 84 valence electrons. The van der Waals surface area contributed by atoms with Crippen molar-refractivity contribution in [1.29, 1.82) is 0 Å². The van der Waals surface area contributed by atoms with Crippen LogP contribution in [0.4, 0.5) is 0 Å². The van der Waals surface area contributed by atoms with E-state index in [1.165, 1.54) is 6.92 Å². The van der Waals surface area contributed by atoms with Crippen molar-refractivity contribution in [3.8, 4) is 0 Å². The molecule has 0 aliphatic heterocycles. The van der Waals surface area contributed by atoms with Gasteiger partial charge in [-0.25, -0.2) is 0 Å². The quantitative estimate of drug-likeness (QED) is 0.489. The fraction of sp³-hybridized carbons (Fsp3) is 1.00. The molecule has 4 nitrogen and oxygen atoms in total. The summed E-state index contributed by atoms with van der Waals surface area (Å²) in [5, 5.41) is 38.0. The topological polar surface area (TPSA) is 80.9 Å². The average molecular weight is 204 g/mol. The van der Waals surface area contributed by atoms with Crippen LogP contribution in [0.1, 0.15) is 26.7 Å². The van der Waals surface area contributed by atoms with E-state index < -0.39 is 17.8 Å². The molecule has 0 radical (unpaired) electrons. The third-order valence-corrected chi connectivity index (χ3v) is 3.47. The second-order valence-corrected chi connectivity index (χ2v) is 4.68. The fourth-order valence-corrected chi connectivity index (χ4v) is 2.00. The second-order valence-electron chi connectivity index (χ2n) is 4.68. The van der Waals surface area contributed by atoms with Crippen LogP contribution in [0, 0.1) is 11.8 Å². The Bertz CT molecular complexity index is 181. The van der Waals surface area contributed by atoms with Crippen LogP contribution in [0.2, 0.25) is 0 Å². The molecule has 4 heteroatoms. The summed E-state index contributed by atoms with van der Waals surface area (Å²) in [6, 6.07) is 0. The van der Waals surface area contributed by atoms with Crippen molar-refractivity contribution in [2.24, 2.45) is 11.8 Å². The number of aliphatic hydroxyl groups excluding tert-OH is 3. The number of aliphatic hydroxyl groups is 4. The molecule has 0 saturated heterocycles. The average Bonchev–Trinajstić information content (AvgIpc) is 2.13. The smallest absolute Gasteiger partial charge is 0.0879 e. The summed E-state index contributed by atoms with van der Waals surface area (Å²) in [7, 11) is 0. The molecule has 0 aromatic heterocycles. The van der Waals surface area contributed by atoms with E-state index in [-0.39, 0.29) is 18.4 Å². The zero-order chi connectivity index (χ0) is 10.9. The molecule has 5 atom stereocenters. The van der Waals surface area contributed by atoms with Gasteiger partial charge in [0.2, 0.25) is 0 Å². The molecule has 1 saturated carbocycles. The van der Waals surface area contributed by atoms with Gasteiger partial charge in [0.15, 0.2) is 0 Å². The molecule has 14 heavy (non-hydrogen) atoms. The minimum Gasteiger partial charge on any atom is -0.393 e. The molecule has 0 spiro atoms. The molecule has 4 N–H and O–H groups in total. The van der Waals surface area contributed by atoms with Crippen molar-refractivity contribution >= 4 is 0 Å². The Kier molecular flexibility index (Phi) is 3.53. The van der Waals surface area contributed by atoms with Gasteiger partial charge in [0.05, 0.1) is 24.4 Å². The lowest BCUT2D eigenvalue weighted by Gasteiger charge is -2.41. The maximum absolute atomic E-state index is 9.80. The van der Waals surface area contributed by atoms with E-state index in [1.807, 2.05) is 0 Å². The second kappa shape index (κ2) is 4.14. The fourth-order valence-electron chi connectivity index (χ4n) is 2.00. The molecular formula is C10H20O4. The standard InChI is InChI=1S/C10H20O4/c1-6-8(12)3-7(4-9(6)13)10(2,14)5-11/h6-9,11-14H,3-5H2,1-2H3/t6?,7?,8-,9+,10?. The largest absolute Gasteiger partial charge is 0.393 e. The van der Waals surface area contributed by atoms with E-state index in [4.69, 9.17) is 5.11 Å². The summed E-state index contributed by atoms with van der Waals surface area (Å²) in [5.41, 5.74) is -1.21. The summed E-state index contributed by atoms with van der Waals surface area (Å²) in [5.74, 6) is -0.394. The van der Waals surface area contributed by atoms with Crippen LogP contribution in [0.5, 0.6) is 0 Å². The SMILES string of the molecule is CC1[C@H](O)CC(C(C)(O)CO)C[C@@H]1O. The van der Waals surface area contributed by atoms with Crippen LogP contribution in [-0.2, 0) is 0 Å². The maximum Gasteiger partial charge on any atom is 0.0879 e. The lowest BCUT2D eigenvalue weighted by atomic mass is 9.72. The van der Waals surface area contributed by atoms with Crippen LogP contribution in [0.3, 0.4) is 0 Å². The number of rotatable bonds is 2. The van der Waals surface area contributed by atoms with Crippen LogP contribution < -0.4 is 0 Å². The summed E-state index contributed by atoms with van der Waals surface area (Å²) in [6.07, 6.45) is -0.319. The normalized spacial score (nSPS) is 43.3. The van der Waals surface area contributed by atoms with Gasteiger partial charge in [-0.05, 0) is 25.7 Å². The van der Waals surface area contributed by atoms with E-state index >= 15 is 0 Å². The molecule has 0 aromatic carbocycles. The Balaban J connectivity index is 2.66. The van der Waals surface area contributed by atoms with Gasteiger partial charge < -0.3 is 20.4 Å². The Morgan fingerprint density at radius 3 is 2.00 bits per heavy atom. The third kappa shape index (κ3) is 2.25. The van der Waals surface area contributed by atoms with Crippen molar-refractivity contribution in [3.05, 3.63) is 0 Å². The highest BCUT2D eigenvalue weighted by molar-refractivity contribution is 4.92. The predicted molar refractivity (Wildman–Crippen MR) is 51.6 cm³/mol. The van der Waals surface area contributed by atoms with Crippen LogP contribution in [0.15, 0.2) is 0 Å². The third-order valence-electron chi connectivity index (χ3n) is 3.47. The number of hydrogen-bond acceptors (Lipinski definition) is 4. The molecule has 0 aromatic rings. The summed E-state index contributed by atoms with van der Waals surface area (Å²) in [6.45, 7) is 2.98. The minimum atomic E-state index is -1.21. The Morgan fingerprint density at radius 1 is 1.21 bits per heavy atom. The molecule has 0 bridgehead atoms. The highest BCUT2D eigenvalue weighted by Crippen LogP contribution is 2.35. The molecule has 0 amide bonds. The molecule has 1 aliphatic carbocycles. The van der Waals surface area contributed by atoms with Crippen molar-refractivity contribution in [3.63, 3.8) is 0 Å². The van der Waals surface area contributed by atoms with E-state index in [0.29, 0.717) is 12.8 Å². The molecule has 1 rings (SSSR count). The van der Waals surface area contributed by atoms with Gasteiger partial charge in [-0.2, -0.15) is 0 Å². The first-order chi connectivity index (χ1) is 6.38. The van der Waals surface area contributed by atoms with E-state index in [1.54, 1.807) is 6.92 Å². The summed E-state index contributed by atoms with van der Waals surface area (Å²) < 4.78 is 0. The molecule has 3 unspecified atom stereocenters. The van der Waals surface area contributed by atoms with Crippen molar-refractivity contribution in [2.75, 3.05) is 6.61 Å². The van der Waals surface area contributed by atoms with Crippen molar-refractivity contribution < 1.29 is 20.4 Å². The van der Waals surface area contributed by atoms with Gasteiger partial charge in [-0.1, -0.05) is 6.92 Å². The number of hydrogen-bond donors (Lipinski definition) is 4. The lowest BCUT2D eigenvalue weighted by molar-refractivity contribution is -0.115. The van der Waals surface area contributed by atoms with Crippen molar-refractivity contribution in [2.45, 2.75) is 44.5 Å². The lowest BCUT2D eigenvalue weighted by Crippen LogP contribution is -2.48. The maximum atomic E-state index is 9.80. The first-order valence-electron chi connectivity index (χ1n) is 5.08. The highest BCUT2D eigenvalue weighted by atomic mass is 16.3. The van der Waals surface area contributed by atoms with E-state index in [2.05, 4.69) is 0 Å². The minimum absolute atomic E-state index is 0.152.